The fourth-order valence-electron chi connectivity index (χ4n) is 1.91. The molecule has 0 aliphatic heterocycles. The summed E-state index contributed by atoms with van der Waals surface area (Å²) in [7, 11) is 0. The van der Waals surface area contributed by atoms with Crippen LogP contribution in [0, 0.1) is 19.7 Å². The largest absolute Gasteiger partial charge is 0.351 e. The zero-order valence-electron chi connectivity index (χ0n) is 12.5. The summed E-state index contributed by atoms with van der Waals surface area (Å²) in [4.78, 5) is 13.0. The van der Waals surface area contributed by atoms with E-state index in [1.807, 2.05) is 0 Å². The monoisotopic (exact) mass is 337 g/mol. The molecule has 0 aliphatic rings. The Morgan fingerprint density at radius 2 is 1.95 bits per heavy atom. The number of hydrogen-bond acceptors (Lipinski definition) is 2. The number of thioether (sulfide) groups is 1. The summed E-state index contributed by atoms with van der Waals surface area (Å²) in [5.41, 5.74) is 2.52. The van der Waals surface area contributed by atoms with Gasteiger partial charge in [-0.25, -0.2) is 4.39 Å². The lowest BCUT2D eigenvalue weighted by atomic mass is 10.1. The van der Waals surface area contributed by atoms with Gasteiger partial charge >= 0.3 is 0 Å². The van der Waals surface area contributed by atoms with Gasteiger partial charge in [0.15, 0.2) is 0 Å². The third-order valence-corrected chi connectivity index (χ3v) is 4.54. The second-order valence-electron chi connectivity index (χ2n) is 4.97. The van der Waals surface area contributed by atoms with Gasteiger partial charge in [-0.2, -0.15) is 0 Å². The van der Waals surface area contributed by atoms with Gasteiger partial charge in [-0.1, -0.05) is 17.7 Å². The molecule has 0 fully saturated rings. The third-order valence-electron chi connectivity index (χ3n) is 3.31. The van der Waals surface area contributed by atoms with E-state index in [1.165, 1.54) is 23.3 Å². The first kappa shape index (κ1) is 16.8. The van der Waals surface area contributed by atoms with E-state index >= 15 is 0 Å². The van der Waals surface area contributed by atoms with Crippen molar-refractivity contribution < 1.29 is 9.18 Å². The van der Waals surface area contributed by atoms with Crippen LogP contribution in [0.1, 0.15) is 21.5 Å². The van der Waals surface area contributed by atoms with Gasteiger partial charge in [-0.15, -0.1) is 11.8 Å². The fraction of sp³-hybridized carbons (Fsp3) is 0.235. The van der Waals surface area contributed by atoms with Crippen LogP contribution in [-0.4, -0.2) is 18.2 Å². The predicted octanol–water partition coefficient (Wildman–Crippen LogP) is 4.62. The topological polar surface area (TPSA) is 29.1 Å². The molecule has 116 valence electrons. The first-order valence-corrected chi connectivity index (χ1v) is 8.27. The number of nitrogens with one attached hydrogen (secondary N) is 1. The number of rotatable bonds is 5. The van der Waals surface area contributed by atoms with Crippen LogP contribution in [-0.2, 0) is 0 Å². The fourth-order valence-corrected chi connectivity index (χ4v) is 2.93. The van der Waals surface area contributed by atoms with Gasteiger partial charge < -0.3 is 5.32 Å². The maximum atomic E-state index is 13.6. The molecular weight excluding hydrogens is 321 g/mol. The van der Waals surface area contributed by atoms with E-state index in [4.69, 9.17) is 11.6 Å². The Morgan fingerprint density at radius 3 is 2.64 bits per heavy atom. The molecule has 1 amide bonds. The van der Waals surface area contributed by atoms with Crippen molar-refractivity contribution in [2.45, 2.75) is 18.7 Å². The van der Waals surface area contributed by atoms with E-state index < -0.39 is 11.7 Å². The highest BCUT2D eigenvalue weighted by atomic mass is 35.5. The summed E-state index contributed by atoms with van der Waals surface area (Å²) in [5.74, 6) is -0.301. The second kappa shape index (κ2) is 7.65. The van der Waals surface area contributed by atoms with Crippen LogP contribution in [0.2, 0.25) is 5.02 Å². The van der Waals surface area contributed by atoms with E-state index in [2.05, 4.69) is 37.4 Å². The smallest absolute Gasteiger partial charge is 0.254 e. The second-order valence-corrected chi connectivity index (χ2v) is 6.58. The van der Waals surface area contributed by atoms with E-state index in [-0.39, 0.29) is 10.6 Å². The Bertz CT molecular complexity index is 690. The van der Waals surface area contributed by atoms with E-state index in [0.717, 1.165) is 16.7 Å². The van der Waals surface area contributed by atoms with Gasteiger partial charge in [0, 0.05) is 22.2 Å². The molecule has 22 heavy (non-hydrogen) atoms. The van der Waals surface area contributed by atoms with Crippen LogP contribution in [0.3, 0.4) is 0 Å². The quantitative estimate of drug-likeness (QED) is 0.637. The number of hydrogen-bond donors (Lipinski definition) is 1. The highest BCUT2D eigenvalue weighted by Gasteiger charge is 2.11. The molecule has 0 aromatic heterocycles. The zero-order valence-corrected chi connectivity index (χ0v) is 14.0. The minimum Gasteiger partial charge on any atom is -0.351 e. The van der Waals surface area contributed by atoms with Gasteiger partial charge in [0.2, 0.25) is 0 Å². The molecule has 0 saturated carbocycles. The molecule has 2 rings (SSSR count). The van der Waals surface area contributed by atoms with Crippen molar-refractivity contribution in [2.24, 2.45) is 0 Å². The van der Waals surface area contributed by atoms with E-state index in [1.54, 1.807) is 11.8 Å². The van der Waals surface area contributed by atoms with E-state index in [9.17, 15) is 9.18 Å². The number of benzene rings is 2. The lowest BCUT2D eigenvalue weighted by Crippen LogP contribution is -2.26. The summed E-state index contributed by atoms with van der Waals surface area (Å²) in [6, 6.07) is 10.3. The molecule has 2 aromatic rings. The molecule has 5 heteroatoms. The summed E-state index contributed by atoms with van der Waals surface area (Å²) >= 11 is 7.32. The molecule has 2 aromatic carbocycles. The van der Waals surface area contributed by atoms with Gasteiger partial charge in [-0.05, 0) is 55.3 Å². The lowest BCUT2D eigenvalue weighted by molar-refractivity contribution is 0.0952. The minimum absolute atomic E-state index is 0.0144. The summed E-state index contributed by atoms with van der Waals surface area (Å²) in [6.07, 6.45) is 0. The Labute approximate surface area is 139 Å². The standard InChI is InChI=1S/C17H17ClFNOS/c1-11-3-5-14(9-12(11)2)22-8-7-20-17(21)15-6-4-13(18)10-16(15)19/h3-6,9-10H,7-8H2,1-2H3,(H,20,21). The molecule has 0 atom stereocenters. The van der Waals surface area contributed by atoms with Crippen molar-refractivity contribution in [2.75, 3.05) is 12.3 Å². The zero-order chi connectivity index (χ0) is 16.1. The highest BCUT2D eigenvalue weighted by Crippen LogP contribution is 2.20. The highest BCUT2D eigenvalue weighted by molar-refractivity contribution is 7.99. The Hall–Kier alpha value is -1.52. The van der Waals surface area contributed by atoms with Crippen molar-refractivity contribution in [1.82, 2.24) is 5.32 Å². The molecule has 2 nitrogen and oxygen atoms in total. The van der Waals surface area contributed by atoms with Crippen LogP contribution in [0.4, 0.5) is 4.39 Å². The van der Waals surface area contributed by atoms with E-state index in [0.29, 0.717) is 6.54 Å². The van der Waals surface area contributed by atoms with Crippen LogP contribution >= 0.6 is 23.4 Å². The summed E-state index contributed by atoms with van der Waals surface area (Å²) < 4.78 is 13.6. The molecule has 0 unspecified atom stereocenters. The first-order valence-electron chi connectivity index (χ1n) is 6.90. The van der Waals surface area contributed by atoms with Crippen molar-refractivity contribution >= 4 is 29.3 Å². The predicted molar refractivity (Wildman–Crippen MR) is 90.4 cm³/mol. The number of halogens is 2. The lowest BCUT2D eigenvalue weighted by Gasteiger charge is -2.07. The van der Waals surface area contributed by atoms with Gasteiger partial charge in [-0.3, -0.25) is 4.79 Å². The summed E-state index contributed by atoms with van der Waals surface area (Å²) in [5, 5.41) is 2.99. The van der Waals surface area contributed by atoms with Crippen LogP contribution in [0.15, 0.2) is 41.3 Å². The SMILES string of the molecule is Cc1ccc(SCCNC(=O)c2ccc(Cl)cc2F)cc1C. The average Bonchev–Trinajstić information content (AvgIpc) is 2.47. The van der Waals surface area contributed by atoms with Crippen molar-refractivity contribution in [3.63, 3.8) is 0 Å². The van der Waals surface area contributed by atoms with Crippen LogP contribution < -0.4 is 5.32 Å². The molecule has 0 aliphatic carbocycles. The van der Waals surface area contributed by atoms with Crippen molar-refractivity contribution in [1.29, 1.82) is 0 Å². The molecule has 0 radical (unpaired) electrons. The Morgan fingerprint density at radius 1 is 1.18 bits per heavy atom. The molecule has 0 saturated heterocycles. The van der Waals surface area contributed by atoms with Crippen molar-refractivity contribution in [3.8, 4) is 0 Å². The maximum Gasteiger partial charge on any atom is 0.254 e. The van der Waals surface area contributed by atoms with Crippen LogP contribution in [0.25, 0.3) is 0 Å². The maximum absolute atomic E-state index is 13.6. The Kier molecular flexibility index (Phi) is 5.86. The number of amides is 1. The molecule has 0 heterocycles. The minimum atomic E-state index is -0.605. The van der Waals surface area contributed by atoms with Gasteiger partial charge in [0.05, 0.1) is 5.56 Å². The molecule has 1 N–H and O–H groups in total. The van der Waals surface area contributed by atoms with Gasteiger partial charge in [0.1, 0.15) is 5.82 Å². The molecule has 0 bridgehead atoms. The molecular formula is C17H17ClFNOS. The summed E-state index contributed by atoms with van der Waals surface area (Å²) in [6.45, 7) is 4.62. The molecule has 0 spiro atoms. The van der Waals surface area contributed by atoms with Gasteiger partial charge in [0.25, 0.3) is 5.91 Å². The number of carbonyl (C=O) groups excluding carboxylic acids is 1. The first-order chi connectivity index (χ1) is 10.5. The van der Waals surface area contributed by atoms with Crippen molar-refractivity contribution in [3.05, 3.63) is 63.9 Å². The normalized spacial score (nSPS) is 10.5. The van der Waals surface area contributed by atoms with Crippen LogP contribution in [0.5, 0.6) is 0 Å². The average molecular weight is 338 g/mol. The Balaban J connectivity index is 1.83. The number of aryl methyl sites for hydroxylation is 2. The third kappa shape index (κ3) is 4.49. The number of carbonyl (C=O) groups is 1.